The van der Waals surface area contributed by atoms with E-state index in [-0.39, 0.29) is 11.3 Å². The number of benzene rings is 2. The summed E-state index contributed by atoms with van der Waals surface area (Å²) in [5, 5.41) is 2.24. The van der Waals surface area contributed by atoms with Crippen LogP contribution in [0.3, 0.4) is 0 Å². The zero-order valence-electron chi connectivity index (χ0n) is 11.7. The van der Waals surface area contributed by atoms with E-state index in [9.17, 15) is 9.59 Å². The van der Waals surface area contributed by atoms with Crippen LogP contribution >= 0.6 is 0 Å². The Morgan fingerprint density at radius 2 is 1.81 bits per heavy atom. The van der Waals surface area contributed by atoms with E-state index in [0.29, 0.717) is 17.5 Å². The molecule has 104 valence electrons. The minimum absolute atomic E-state index is 0.0867. The van der Waals surface area contributed by atoms with Crippen molar-refractivity contribution in [1.82, 2.24) is 4.98 Å². The largest absolute Gasteiger partial charge is 0.329 e. The maximum absolute atomic E-state index is 12.1. The van der Waals surface area contributed by atoms with Crippen molar-refractivity contribution in [3.63, 3.8) is 0 Å². The lowest BCUT2D eigenvalue weighted by Crippen LogP contribution is -2.17. The van der Waals surface area contributed by atoms with Crippen molar-refractivity contribution in [3.8, 4) is 0 Å². The summed E-state index contributed by atoms with van der Waals surface area (Å²) in [4.78, 5) is 26.5. The van der Waals surface area contributed by atoms with Crippen molar-refractivity contribution in [2.45, 2.75) is 13.3 Å². The Kier molecular flexibility index (Phi) is 3.40. The summed E-state index contributed by atoms with van der Waals surface area (Å²) in [6.45, 7) is 1.49. The number of carbonyl (C=O) groups excluding carboxylic acids is 1. The van der Waals surface area contributed by atoms with Gasteiger partial charge < -0.3 is 4.98 Å². The number of pyridine rings is 1. The van der Waals surface area contributed by atoms with Gasteiger partial charge >= 0.3 is 0 Å². The van der Waals surface area contributed by atoms with Gasteiger partial charge in [-0.1, -0.05) is 42.5 Å². The maximum atomic E-state index is 12.1. The number of hydrogen-bond donors (Lipinski definition) is 1. The standard InChI is InChI=1S/C18H15NO2/c1-12(20)15-9-10-19-18(21)17(15)11-14-7-4-6-13-5-2-3-8-16(13)14/h2-10H,11H2,1H3,(H,19,21). The van der Waals surface area contributed by atoms with Gasteiger partial charge in [-0.3, -0.25) is 9.59 Å². The second-order valence-electron chi connectivity index (χ2n) is 5.07. The highest BCUT2D eigenvalue weighted by atomic mass is 16.1. The zero-order chi connectivity index (χ0) is 14.8. The van der Waals surface area contributed by atoms with Gasteiger partial charge in [0.25, 0.3) is 5.56 Å². The molecular formula is C18H15NO2. The summed E-state index contributed by atoms with van der Waals surface area (Å²) in [7, 11) is 0. The number of carbonyl (C=O) groups is 1. The van der Waals surface area contributed by atoms with Crippen LogP contribution < -0.4 is 5.56 Å². The summed E-state index contributed by atoms with van der Waals surface area (Å²) in [5.41, 5.74) is 1.87. The van der Waals surface area contributed by atoms with Gasteiger partial charge in [0, 0.05) is 23.7 Å². The SMILES string of the molecule is CC(=O)c1cc[nH]c(=O)c1Cc1cccc2ccccc12. The van der Waals surface area contributed by atoms with Gasteiger partial charge in [0.05, 0.1) is 0 Å². The molecule has 0 atom stereocenters. The van der Waals surface area contributed by atoms with Gasteiger partial charge in [-0.05, 0) is 29.3 Å². The Labute approximate surface area is 122 Å². The van der Waals surface area contributed by atoms with Crippen LogP contribution in [0, 0.1) is 0 Å². The van der Waals surface area contributed by atoms with Crippen molar-refractivity contribution >= 4 is 16.6 Å². The summed E-state index contributed by atoms with van der Waals surface area (Å²) in [6, 6.07) is 15.7. The highest BCUT2D eigenvalue weighted by Crippen LogP contribution is 2.21. The van der Waals surface area contributed by atoms with Gasteiger partial charge in [0.15, 0.2) is 5.78 Å². The highest BCUT2D eigenvalue weighted by Gasteiger charge is 2.12. The van der Waals surface area contributed by atoms with E-state index < -0.39 is 0 Å². The first kappa shape index (κ1) is 13.3. The molecule has 0 aliphatic carbocycles. The fraction of sp³-hybridized carbons (Fsp3) is 0.111. The number of H-pyrrole nitrogens is 1. The molecule has 3 aromatic rings. The molecule has 21 heavy (non-hydrogen) atoms. The second kappa shape index (κ2) is 5.37. The van der Waals surface area contributed by atoms with Crippen molar-refractivity contribution in [2.24, 2.45) is 0 Å². The van der Waals surface area contributed by atoms with Crippen LogP contribution in [0.4, 0.5) is 0 Å². The number of aromatic amines is 1. The van der Waals surface area contributed by atoms with E-state index >= 15 is 0 Å². The van der Waals surface area contributed by atoms with Crippen molar-refractivity contribution in [3.05, 3.63) is 81.8 Å². The van der Waals surface area contributed by atoms with E-state index in [1.807, 2.05) is 42.5 Å². The molecule has 3 rings (SSSR count). The Balaban J connectivity index is 2.16. The molecular weight excluding hydrogens is 262 g/mol. The minimum Gasteiger partial charge on any atom is -0.329 e. The molecule has 0 amide bonds. The van der Waals surface area contributed by atoms with Crippen LogP contribution in [0.2, 0.25) is 0 Å². The van der Waals surface area contributed by atoms with Crippen LogP contribution in [-0.4, -0.2) is 10.8 Å². The Morgan fingerprint density at radius 3 is 2.62 bits per heavy atom. The van der Waals surface area contributed by atoms with E-state index in [1.165, 1.54) is 13.1 Å². The number of nitrogens with one attached hydrogen (secondary N) is 1. The topological polar surface area (TPSA) is 49.9 Å². The Bertz CT molecular complexity index is 872. The molecule has 0 aliphatic heterocycles. The lowest BCUT2D eigenvalue weighted by molar-refractivity contribution is 0.101. The summed E-state index contributed by atoms with van der Waals surface area (Å²) in [6.07, 6.45) is 1.97. The fourth-order valence-corrected chi connectivity index (χ4v) is 2.65. The van der Waals surface area contributed by atoms with E-state index in [0.717, 1.165) is 16.3 Å². The number of fused-ring (bicyclic) bond motifs is 1. The molecule has 1 N–H and O–H groups in total. The minimum atomic E-state index is -0.198. The first-order valence-electron chi connectivity index (χ1n) is 6.85. The maximum Gasteiger partial charge on any atom is 0.252 e. The van der Waals surface area contributed by atoms with Crippen molar-refractivity contribution in [1.29, 1.82) is 0 Å². The van der Waals surface area contributed by atoms with Gasteiger partial charge in [-0.25, -0.2) is 0 Å². The third-order valence-electron chi connectivity index (χ3n) is 3.69. The molecule has 0 saturated heterocycles. The Hall–Kier alpha value is -2.68. The molecule has 0 fully saturated rings. The smallest absolute Gasteiger partial charge is 0.252 e. The average molecular weight is 277 g/mol. The first-order chi connectivity index (χ1) is 10.2. The molecule has 0 unspecified atom stereocenters. The van der Waals surface area contributed by atoms with Crippen LogP contribution in [0.25, 0.3) is 10.8 Å². The van der Waals surface area contributed by atoms with Crippen molar-refractivity contribution in [2.75, 3.05) is 0 Å². The fourth-order valence-electron chi connectivity index (χ4n) is 2.65. The van der Waals surface area contributed by atoms with Gasteiger partial charge in [-0.2, -0.15) is 0 Å². The third kappa shape index (κ3) is 2.50. The van der Waals surface area contributed by atoms with E-state index in [1.54, 1.807) is 6.07 Å². The van der Waals surface area contributed by atoms with Crippen LogP contribution in [0.5, 0.6) is 0 Å². The predicted molar refractivity (Wildman–Crippen MR) is 83.8 cm³/mol. The van der Waals surface area contributed by atoms with Crippen LogP contribution in [0.15, 0.2) is 59.5 Å². The average Bonchev–Trinajstić information content (AvgIpc) is 2.49. The normalized spacial score (nSPS) is 10.7. The van der Waals surface area contributed by atoms with Gasteiger partial charge in [-0.15, -0.1) is 0 Å². The number of ketones is 1. The van der Waals surface area contributed by atoms with Gasteiger partial charge in [0.2, 0.25) is 0 Å². The van der Waals surface area contributed by atoms with Crippen LogP contribution in [-0.2, 0) is 6.42 Å². The molecule has 3 nitrogen and oxygen atoms in total. The molecule has 0 saturated carbocycles. The molecule has 2 aromatic carbocycles. The lowest BCUT2D eigenvalue weighted by atomic mass is 9.96. The van der Waals surface area contributed by atoms with E-state index in [2.05, 4.69) is 4.98 Å². The zero-order valence-corrected chi connectivity index (χ0v) is 11.7. The Morgan fingerprint density at radius 1 is 1.05 bits per heavy atom. The highest BCUT2D eigenvalue weighted by molar-refractivity contribution is 5.95. The third-order valence-corrected chi connectivity index (χ3v) is 3.69. The quantitative estimate of drug-likeness (QED) is 0.747. The second-order valence-corrected chi connectivity index (χ2v) is 5.07. The summed E-state index contributed by atoms with van der Waals surface area (Å²) < 4.78 is 0. The summed E-state index contributed by atoms with van der Waals surface area (Å²) >= 11 is 0. The van der Waals surface area contributed by atoms with Crippen molar-refractivity contribution < 1.29 is 4.79 Å². The number of rotatable bonds is 3. The lowest BCUT2D eigenvalue weighted by Gasteiger charge is -2.09. The summed E-state index contributed by atoms with van der Waals surface area (Å²) in [5.74, 6) is -0.0867. The molecule has 3 heteroatoms. The number of hydrogen-bond acceptors (Lipinski definition) is 2. The molecule has 0 spiro atoms. The van der Waals surface area contributed by atoms with E-state index in [4.69, 9.17) is 0 Å². The number of aromatic nitrogens is 1. The van der Waals surface area contributed by atoms with Gasteiger partial charge in [0.1, 0.15) is 0 Å². The molecule has 1 aromatic heterocycles. The molecule has 0 radical (unpaired) electrons. The molecule has 0 aliphatic rings. The monoisotopic (exact) mass is 277 g/mol. The first-order valence-corrected chi connectivity index (χ1v) is 6.85. The molecule has 0 bridgehead atoms. The van der Waals surface area contributed by atoms with Crippen LogP contribution in [0.1, 0.15) is 28.4 Å². The number of Topliss-reactive ketones (excluding diaryl/α,β-unsaturated/α-hetero) is 1. The predicted octanol–water partition coefficient (Wildman–Crippen LogP) is 3.32. The molecule has 1 heterocycles.